The van der Waals surface area contributed by atoms with Crippen molar-refractivity contribution in [1.29, 1.82) is 0 Å². The van der Waals surface area contributed by atoms with Gasteiger partial charge in [-0.05, 0) is 39.7 Å². The van der Waals surface area contributed by atoms with Crippen LogP contribution in [0.25, 0.3) is 0 Å². The van der Waals surface area contributed by atoms with Crippen LogP contribution < -0.4 is 0 Å². The molecule has 0 unspecified atom stereocenters. The molecule has 0 radical (unpaired) electrons. The fourth-order valence-electron chi connectivity index (χ4n) is 1.75. The van der Waals surface area contributed by atoms with E-state index in [1.165, 1.54) is 5.56 Å². The minimum atomic E-state index is -0.448. The Morgan fingerprint density at radius 2 is 1.79 bits per heavy atom. The summed E-state index contributed by atoms with van der Waals surface area (Å²) >= 11 is 0. The van der Waals surface area contributed by atoms with Crippen molar-refractivity contribution < 1.29 is 9.53 Å². The summed E-state index contributed by atoms with van der Waals surface area (Å²) in [7, 11) is 0. The number of hydrogen-bond donors (Lipinski definition) is 0. The quantitative estimate of drug-likeness (QED) is 0.817. The van der Waals surface area contributed by atoms with E-state index in [2.05, 4.69) is 38.1 Å². The van der Waals surface area contributed by atoms with Crippen LogP contribution in [-0.4, -0.2) is 23.1 Å². The summed E-state index contributed by atoms with van der Waals surface area (Å²) in [6.45, 7) is 11.1. The second kappa shape index (κ2) is 6.60. The SMILES string of the molecule is CCCN(Cc1ccc(C)cc1)C(=O)OC(C)(C)C. The molecular formula is C16H25NO2. The van der Waals surface area contributed by atoms with Crippen LogP contribution in [0.3, 0.4) is 0 Å². The van der Waals surface area contributed by atoms with E-state index in [0.29, 0.717) is 13.1 Å². The highest BCUT2D eigenvalue weighted by Gasteiger charge is 2.21. The minimum absolute atomic E-state index is 0.241. The number of amides is 1. The van der Waals surface area contributed by atoms with Crippen molar-refractivity contribution in [2.24, 2.45) is 0 Å². The lowest BCUT2D eigenvalue weighted by atomic mass is 10.1. The second-order valence-electron chi connectivity index (χ2n) is 5.89. The molecule has 106 valence electrons. The molecule has 1 amide bonds. The van der Waals surface area contributed by atoms with E-state index in [0.717, 1.165) is 12.0 Å². The molecule has 3 nitrogen and oxygen atoms in total. The van der Waals surface area contributed by atoms with Gasteiger partial charge in [-0.2, -0.15) is 0 Å². The maximum atomic E-state index is 12.1. The maximum absolute atomic E-state index is 12.1. The van der Waals surface area contributed by atoms with Crippen molar-refractivity contribution in [3.05, 3.63) is 35.4 Å². The molecule has 1 rings (SSSR count). The van der Waals surface area contributed by atoms with Gasteiger partial charge in [-0.25, -0.2) is 4.79 Å². The molecule has 0 atom stereocenters. The summed E-state index contributed by atoms with van der Waals surface area (Å²) in [4.78, 5) is 13.9. The van der Waals surface area contributed by atoms with Gasteiger partial charge in [0.25, 0.3) is 0 Å². The third-order valence-electron chi connectivity index (χ3n) is 2.64. The minimum Gasteiger partial charge on any atom is -0.444 e. The summed E-state index contributed by atoms with van der Waals surface area (Å²) in [5, 5.41) is 0. The lowest BCUT2D eigenvalue weighted by molar-refractivity contribution is 0.0233. The molecule has 1 aromatic rings. The number of aryl methyl sites for hydroxylation is 1. The smallest absolute Gasteiger partial charge is 0.410 e. The molecule has 0 saturated heterocycles. The summed E-state index contributed by atoms with van der Waals surface area (Å²) in [5.41, 5.74) is 1.91. The lowest BCUT2D eigenvalue weighted by Gasteiger charge is -2.27. The van der Waals surface area contributed by atoms with Gasteiger partial charge in [0, 0.05) is 13.1 Å². The molecule has 0 aromatic heterocycles. The molecule has 0 bridgehead atoms. The Balaban J connectivity index is 2.72. The highest BCUT2D eigenvalue weighted by molar-refractivity contribution is 5.68. The Hall–Kier alpha value is -1.51. The van der Waals surface area contributed by atoms with Crippen molar-refractivity contribution in [2.75, 3.05) is 6.54 Å². The molecule has 0 spiro atoms. The molecule has 0 aliphatic rings. The van der Waals surface area contributed by atoms with Gasteiger partial charge in [-0.3, -0.25) is 0 Å². The fourth-order valence-corrected chi connectivity index (χ4v) is 1.75. The van der Waals surface area contributed by atoms with Gasteiger partial charge in [0.2, 0.25) is 0 Å². The molecule has 0 fully saturated rings. The number of nitrogens with zero attached hydrogens (tertiary/aromatic N) is 1. The Morgan fingerprint density at radius 1 is 1.21 bits per heavy atom. The number of ether oxygens (including phenoxy) is 1. The second-order valence-corrected chi connectivity index (χ2v) is 5.89. The highest BCUT2D eigenvalue weighted by Crippen LogP contribution is 2.13. The molecule has 0 saturated carbocycles. The van der Waals surface area contributed by atoms with Gasteiger partial charge in [0.15, 0.2) is 0 Å². The average molecular weight is 263 g/mol. The van der Waals surface area contributed by atoms with Gasteiger partial charge in [0.1, 0.15) is 5.60 Å². The standard InChI is InChI=1S/C16H25NO2/c1-6-11-17(15(18)19-16(3,4)5)12-14-9-7-13(2)8-10-14/h7-10H,6,11-12H2,1-5H3. The third kappa shape index (κ3) is 5.77. The summed E-state index contributed by atoms with van der Waals surface area (Å²) in [6.07, 6.45) is 0.681. The van der Waals surface area contributed by atoms with Gasteiger partial charge < -0.3 is 9.64 Å². The van der Waals surface area contributed by atoms with Crippen LogP contribution in [0.4, 0.5) is 4.79 Å². The number of rotatable bonds is 4. The largest absolute Gasteiger partial charge is 0.444 e. The number of carbonyl (C=O) groups excluding carboxylic acids is 1. The third-order valence-corrected chi connectivity index (χ3v) is 2.64. The zero-order valence-corrected chi connectivity index (χ0v) is 12.7. The molecule has 19 heavy (non-hydrogen) atoms. The van der Waals surface area contributed by atoms with Crippen LogP contribution in [0.2, 0.25) is 0 Å². The van der Waals surface area contributed by atoms with Crippen molar-refractivity contribution in [3.8, 4) is 0 Å². The van der Waals surface area contributed by atoms with Crippen LogP contribution in [0, 0.1) is 6.92 Å². The van der Waals surface area contributed by atoms with E-state index in [4.69, 9.17) is 4.74 Å². The topological polar surface area (TPSA) is 29.5 Å². The van der Waals surface area contributed by atoms with E-state index in [1.54, 1.807) is 4.90 Å². The summed E-state index contributed by atoms with van der Waals surface area (Å²) < 4.78 is 5.44. The molecular weight excluding hydrogens is 238 g/mol. The van der Waals surface area contributed by atoms with Crippen LogP contribution in [0.5, 0.6) is 0 Å². The predicted molar refractivity (Wildman–Crippen MR) is 78.1 cm³/mol. The molecule has 1 aromatic carbocycles. The average Bonchev–Trinajstić information content (AvgIpc) is 2.29. The van der Waals surface area contributed by atoms with E-state index >= 15 is 0 Å². The summed E-state index contributed by atoms with van der Waals surface area (Å²) in [5.74, 6) is 0. The zero-order chi connectivity index (χ0) is 14.5. The molecule has 0 aliphatic carbocycles. The fraction of sp³-hybridized carbons (Fsp3) is 0.562. The van der Waals surface area contributed by atoms with Crippen LogP contribution >= 0.6 is 0 Å². The number of benzene rings is 1. The van der Waals surface area contributed by atoms with E-state index in [1.807, 2.05) is 20.8 Å². The van der Waals surface area contributed by atoms with Crippen LogP contribution in [0.1, 0.15) is 45.2 Å². The monoisotopic (exact) mass is 263 g/mol. The van der Waals surface area contributed by atoms with Crippen molar-refractivity contribution in [1.82, 2.24) is 4.90 Å². The lowest BCUT2D eigenvalue weighted by Crippen LogP contribution is -2.36. The van der Waals surface area contributed by atoms with Gasteiger partial charge >= 0.3 is 6.09 Å². The van der Waals surface area contributed by atoms with E-state index < -0.39 is 5.60 Å². The normalized spacial score (nSPS) is 11.2. The van der Waals surface area contributed by atoms with Gasteiger partial charge in [-0.15, -0.1) is 0 Å². The first-order valence-electron chi connectivity index (χ1n) is 6.85. The van der Waals surface area contributed by atoms with Gasteiger partial charge in [-0.1, -0.05) is 36.8 Å². The Labute approximate surface area is 116 Å². The van der Waals surface area contributed by atoms with E-state index in [9.17, 15) is 4.79 Å². The molecule has 3 heteroatoms. The predicted octanol–water partition coefficient (Wildman–Crippen LogP) is 4.14. The summed E-state index contributed by atoms with van der Waals surface area (Å²) in [6, 6.07) is 8.24. The highest BCUT2D eigenvalue weighted by atomic mass is 16.6. The Kier molecular flexibility index (Phi) is 5.40. The first-order chi connectivity index (χ1) is 8.81. The molecule has 0 heterocycles. The van der Waals surface area contributed by atoms with Crippen molar-refractivity contribution >= 4 is 6.09 Å². The maximum Gasteiger partial charge on any atom is 0.410 e. The van der Waals surface area contributed by atoms with E-state index in [-0.39, 0.29) is 6.09 Å². The first kappa shape index (κ1) is 15.5. The number of carbonyl (C=O) groups is 1. The molecule has 0 N–H and O–H groups in total. The number of hydrogen-bond acceptors (Lipinski definition) is 2. The Morgan fingerprint density at radius 3 is 2.26 bits per heavy atom. The molecule has 0 aliphatic heterocycles. The zero-order valence-electron chi connectivity index (χ0n) is 12.7. The van der Waals surface area contributed by atoms with Crippen LogP contribution in [-0.2, 0) is 11.3 Å². The first-order valence-corrected chi connectivity index (χ1v) is 6.85. The Bertz CT molecular complexity index is 404. The van der Waals surface area contributed by atoms with Gasteiger partial charge in [0.05, 0.1) is 0 Å². The van der Waals surface area contributed by atoms with Crippen LogP contribution in [0.15, 0.2) is 24.3 Å². The van der Waals surface area contributed by atoms with Crippen molar-refractivity contribution in [2.45, 2.75) is 53.2 Å². The van der Waals surface area contributed by atoms with Crippen molar-refractivity contribution in [3.63, 3.8) is 0 Å².